The zero-order valence-electron chi connectivity index (χ0n) is 11.9. The van der Waals surface area contributed by atoms with Crippen molar-refractivity contribution in [1.82, 2.24) is 10.2 Å². The van der Waals surface area contributed by atoms with Gasteiger partial charge in [0.2, 0.25) is 0 Å². The van der Waals surface area contributed by atoms with E-state index in [4.69, 9.17) is 5.73 Å². The number of nitrogens with zero attached hydrogens (tertiary/aromatic N) is 2. The van der Waals surface area contributed by atoms with Crippen molar-refractivity contribution < 1.29 is 4.79 Å². The van der Waals surface area contributed by atoms with E-state index in [-0.39, 0.29) is 5.91 Å². The molecule has 20 heavy (non-hydrogen) atoms. The molecule has 0 unspecified atom stereocenters. The summed E-state index contributed by atoms with van der Waals surface area (Å²) in [5.74, 6) is 0.549. The van der Waals surface area contributed by atoms with E-state index < -0.39 is 0 Å². The summed E-state index contributed by atoms with van der Waals surface area (Å²) in [4.78, 5) is 18.0. The van der Waals surface area contributed by atoms with Crippen molar-refractivity contribution in [3.05, 3.63) is 35.4 Å². The van der Waals surface area contributed by atoms with Crippen molar-refractivity contribution in [2.45, 2.75) is 25.8 Å². The first-order valence-corrected chi connectivity index (χ1v) is 7.06. The minimum Gasteiger partial charge on any atom is -0.370 e. The summed E-state index contributed by atoms with van der Waals surface area (Å²) in [5.41, 5.74) is 7.72. The Bertz CT molecular complexity index is 475. The highest BCUT2D eigenvalue weighted by molar-refractivity contribution is 5.93. The number of rotatable bonds is 3. The van der Waals surface area contributed by atoms with Crippen LogP contribution in [0.1, 0.15) is 35.2 Å². The Morgan fingerprint density at radius 3 is 2.50 bits per heavy atom. The van der Waals surface area contributed by atoms with E-state index in [1.165, 1.54) is 19.3 Å². The number of nitrogens with one attached hydrogen (secondary N) is 1. The molecule has 108 valence electrons. The summed E-state index contributed by atoms with van der Waals surface area (Å²) in [6, 6.07) is 7.44. The largest absolute Gasteiger partial charge is 0.370 e. The van der Waals surface area contributed by atoms with Gasteiger partial charge in [0.15, 0.2) is 5.96 Å². The molecule has 1 amide bonds. The van der Waals surface area contributed by atoms with Gasteiger partial charge >= 0.3 is 0 Å². The predicted octanol–water partition coefficient (Wildman–Crippen LogP) is 1.35. The highest BCUT2D eigenvalue weighted by Gasteiger charge is 2.11. The molecule has 0 aliphatic carbocycles. The van der Waals surface area contributed by atoms with Crippen LogP contribution >= 0.6 is 0 Å². The maximum atomic E-state index is 11.4. The van der Waals surface area contributed by atoms with Crippen molar-refractivity contribution in [2.75, 3.05) is 20.1 Å². The third-order valence-corrected chi connectivity index (χ3v) is 3.55. The van der Waals surface area contributed by atoms with Gasteiger partial charge < -0.3 is 16.0 Å². The number of aliphatic imine (C=N–C) groups is 1. The number of carbonyl (C=O) groups excluding carboxylic acids is 1. The SMILES string of the molecule is CNC(=O)c1ccc(CN=C(N)N2CCCCC2)cc1. The smallest absolute Gasteiger partial charge is 0.251 e. The Morgan fingerprint density at radius 1 is 1.25 bits per heavy atom. The molecule has 5 nitrogen and oxygen atoms in total. The Balaban J connectivity index is 1.94. The van der Waals surface area contributed by atoms with E-state index in [2.05, 4.69) is 15.2 Å². The summed E-state index contributed by atoms with van der Waals surface area (Å²) < 4.78 is 0. The first kappa shape index (κ1) is 14.4. The second-order valence-electron chi connectivity index (χ2n) is 5.00. The van der Waals surface area contributed by atoms with Gasteiger partial charge in [-0.15, -0.1) is 0 Å². The van der Waals surface area contributed by atoms with Gasteiger partial charge in [-0.3, -0.25) is 4.79 Å². The molecule has 1 heterocycles. The van der Waals surface area contributed by atoms with Gasteiger partial charge in [-0.2, -0.15) is 0 Å². The van der Waals surface area contributed by atoms with Crippen LogP contribution in [-0.4, -0.2) is 36.9 Å². The van der Waals surface area contributed by atoms with Crippen LogP contribution in [0.4, 0.5) is 0 Å². The van der Waals surface area contributed by atoms with Crippen LogP contribution in [0.15, 0.2) is 29.3 Å². The van der Waals surface area contributed by atoms with Gasteiger partial charge in [0.25, 0.3) is 5.91 Å². The van der Waals surface area contributed by atoms with Crippen LogP contribution in [-0.2, 0) is 6.54 Å². The monoisotopic (exact) mass is 274 g/mol. The summed E-state index contributed by atoms with van der Waals surface area (Å²) in [6.45, 7) is 2.56. The van der Waals surface area contributed by atoms with Gasteiger partial charge in [-0.1, -0.05) is 12.1 Å². The number of carbonyl (C=O) groups is 1. The molecule has 1 aliphatic rings. The Hall–Kier alpha value is -2.04. The fourth-order valence-electron chi connectivity index (χ4n) is 2.30. The average Bonchev–Trinajstić information content (AvgIpc) is 2.53. The van der Waals surface area contributed by atoms with Crippen molar-refractivity contribution >= 4 is 11.9 Å². The number of guanidine groups is 1. The summed E-state index contributed by atoms with van der Waals surface area (Å²) in [5, 5.41) is 2.60. The first-order chi connectivity index (χ1) is 9.70. The molecule has 0 aromatic heterocycles. The van der Waals surface area contributed by atoms with E-state index in [1.807, 2.05) is 12.1 Å². The zero-order chi connectivity index (χ0) is 14.4. The molecule has 1 aliphatic heterocycles. The number of hydrogen-bond acceptors (Lipinski definition) is 2. The highest BCUT2D eigenvalue weighted by Crippen LogP contribution is 2.09. The van der Waals surface area contributed by atoms with E-state index >= 15 is 0 Å². The van der Waals surface area contributed by atoms with Crippen LogP contribution < -0.4 is 11.1 Å². The van der Waals surface area contributed by atoms with Gasteiger partial charge in [0, 0.05) is 25.7 Å². The Morgan fingerprint density at radius 2 is 1.90 bits per heavy atom. The molecule has 1 saturated heterocycles. The lowest BCUT2D eigenvalue weighted by atomic mass is 10.1. The standard InChI is InChI=1S/C15H22N4O/c1-17-14(20)13-7-5-12(6-8-13)11-18-15(16)19-9-3-2-4-10-19/h5-8H,2-4,9-11H2,1H3,(H2,16,18)(H,17,20). The first-order valence-electron chi connectivity index (χ1n) is 7.06. The quantitative estimate of drug-likeness (QED) is 0.645. The minimum absolute atomic E-state index is 0.0760. The molecule has 0 bridgehead atoms. The summed E-state index contributed by atoms with van der Waals surface area (Å²) in [6.07, 6.45) is 3.67. The van der Waals surface area contributed by atoms with E-state index in [0.29, 0.717) is 18.1 Å². The van der Waals surface area contributed by atoms with Crippen LogP contribution in [0.3, 0.4) is 0 Å². The van der Waals surface area contributed by atoms with Crippen LogP contribution in [0.5, 0.6) is 0 Å². The molecule has 1 aromatic carbocycles. The van der Waals surface area contributed by atoms with Gasteiger partial charge in [-0.05, 0) is 37.0 Å². The number of nitrogens with two attached hydrogens (primary N) is 1. The second kappa shape index (κ2) is 6.93. The number of benzene rings is 1. The summed E-state index contributed by atoms with van der Waals surface area (Å²) in [7, 11) is 1.62. The molecular formula is C15H22N4O. The van der Waals surface area contributed by atoms with Gasteiger partial charge in [-0.25, -0.2) is 4.99 Å². The third kappa shape index (κ3) is 3.73. The maximum Gasteiger partial charge on any atom is 0.251 e. The third-order valence-electron chi connectivity index (χ3n) is 3.55. The fraction of sp³-hybridized carbons (Fsp3) is 0.467. The lowest BCUT2D eigenvalue weighted by molar-refractivity contribution is 0.0963. The van der Waals surface area contributed by atoms with Crippen molar-refractivity contribution in [3.8, 4) is 0 Å². The number of hydrogen-bond donors (Lipinski definition) is 2. The molecule has 0 radical (unpaired) electrons. The second-order valence-corrected chi connectivity index (χ2v) is 5.00. The Labute approximate surface area is 119 Å². The highest BCUT2D eigenvalue weighted by atomic mass is 16.1. The van der Waals surface area contributed by atoms with Crippen LogP contribution in [0, 0.1) is 0 Å². The molecule has 3 N–H and O–H groups in total. The van der Waals surface area contributed by atoms with E-state index in [0.717, 1.165) is 18.7 Å². The normalized spacial score (nSPS) is 16.1. The van der Waals surface area contributed by atoms with Gasteiger partial charge in [0.1, 0.15) is 0 Å². The Kier molecular flexibility index (Phi) is 4.98. The van der Waals surface area contributed by atoms with Crippen LogP contribution in [0.25, 0.3) is 0 Å². The van der Waals surface area contributed by atoms with Crippen molar-refractivity contribution in [3.63, 3.8) is 0 Å². The lowest BCUT2D eigenvalue weighted by Crippen LogP contribution is -2.40. The number of amides is 1. The van der Waals surface area contributed by atoms with E-state index in [1.54, 1.807) is 19.2 Å². The maximum absolute atomic E-state index is 11.4. The average molecular weight is 274 g/mol. The summed E-state index contributed by atoms with van der Waals surface area (Å²) >= 11 is 0. The molecule has 0 atom stereocenters. The van der Waals surface area contributed by atoms with E-state index in [9.17, 15) is 4.79 Å². The molecular weight excluding hydrogens is 252 g/mol. The van der Waals surface area contributed by atoms with Crippen molar-refractivity contribution in [1.29, 1.82) is 0 Å². The zero-order valence-corrected chi connectivity index (χ0v) is 11.9. The molecule has 0 saturated carbocycles. The fourth-order valence-corrected chi connectivity index (χ4v) is 2.30. The lowest BCUT2D eigenvalue weighted by Gasteiger charge is -2.27. The molecule has 1 fully saturated rings. The number of piperidine rings is 1. The number of likely N-dealkylation sites (tertiary alicyclic amines) is 1. The molecule has 1 aromatic rings. The molecule has 5 heteroatoms. The molecule has 0 spiro atoms. The molecule has 2 rings (SSSR count). The predicted molar refractivity (Wildman–Crippen MR) is 80.6 cm³/mol. The minimum atomic E-state index is -0.0760. The topological polar surface area (TPSA) is 70.7 Å². The van der Waals surface area contributed by atoms with Gasteiger partial charge in [0.05, 0.1) is 6.54 Å². The van der Waals surface area contributed by atoms with Crippen molar-refractivity contribution in [2.24, 2.45) is 10.7 Å². The van der Waals surface area contributed by atoms with Crippen LogP contribution in [0.2, 0.25) is 0 Å².